The first kappa shape index (κ1) is 12.4. The minimum atomic E-state index is -1.01. The first-order valence-corrected chi connectivity index (χ1v) is 6.32. The summed E-state index contributed by atoms with van der Waals surface area (Å²) in [5.41, 5.74) is -1.05. The summed E-state index contributed by atoms with van der Waals surface area (Å²) in [6.45, 7) is 1.91. The van der Waals surface area contributed by atoms with Gasteiger partial charge in [-0.1, -0.05) is 6.92 Å². The number of H-pyrrole nitrogens is 1. The second kappa shape index (κ2) is 4.67. The number of aliphatic hydroxyl groups excluding tert-OH is 2. The Morgan fingerprint density at radius 3 is 2.65 bits per heavy atom. The number of rotatable bonds is 2. The molecule has 1 aliphatic heterocycles. The number of thioether (sulfide) groups is 1. The number of aromatic nitrogens is 2. The molecule has 0 amide bonds. The molecular formula is C10H14N2O4S. The average Bonchev–Trinajstić information content (AvgIpc) is 2.57. The SMILES string of the molecule is CC[C@H]1SC(n2ccc(=O)[nH]c2=O)[C@H](O)[C@@H]1O. The Morgan fingerprint density at radius 2 is 2.12 bits per heavy atom. The van der Waals surface area contributed by atoms with Crippen LogP contribution < -0.4 is 11.2 Å². The maximum atomic E-state index is 11.6. The summed E-state index contributed by atoms with van der Waals surface area (Å²) in [4.78, 5) is 24.6. The molecule has 0 saturated carbocycles. The molecule has 6 nitrogen and oxygen atoms in total. The zero-order valence-electron chi connectivity index (χ0n) is 9.24. The number of nitrogens with zero attached hydrogens (tertiary/aromatic N) is 1. The van der Waals surface area contributed by atoms with Gasteiger partial charge < -0.3 is 10.2 Å². The first-order chi connectivity index (χ1) is 8.04. The molecule has 1 aliphatic rings. The van der Waals surface area contributed by atoms with E-state index in [1.807, 2.05) is 6.92 Å². The van der Waals surface area contributed by atoms with Crippen molar-refractivity contribution in [2.24, 2.45) is 0 Å². The molecule has 94 valence electrons. The van der Waals surface area contributed by atoms with Crippen molar-refractivity contribution in [1.82, 2.24) is 9.55 Å². The van der Waals surface area contributed by atoms with Crippen LogP contribution in [0, 0.1) is 0 Å². The van der Waals surface area contributed by atoms with E-state index in [9.17, 15) is 19.8 Å². The highest BCUT2D eigenvalue weighted by molar-refractivity contribution is 8.00. The van der Waals surface area contributed by atoms with E-state index in [4.69, 9.17) is 0 Å². The second-order valence-corrected chi connectivity index (χ2v) is 5.33. The Hall–Kier alpha value is -1.05. The van der Waals surface area contributed by atoms with Crippen LogP contribution in [0.2, 0.25) is 0 Å². The standard InChI is InChI=1S/C10H14N2O4S/c1-2-5-7(14)8(15)9(17-5)12-4-3-6(13)11-10(12)16/h3-5,7-9,14-15H,2H2,1H3,(H,11,13,16)/t5-,7-,8-,9?/m1/s1. The summed E-state index contributed by atoms with van der Waals surface area (Å²) in [5.74, 6) is 0. The van der Waals surface area contributed by atoms with Crippen LogP contribution in [-0.2, 0) is 0 Å². The molecule has 3 N–H and O–H groups in total. The zero-order chi connectivity index (χ0) is 12.6. The third kappa shape index (κ3) is 2.18. The minimum Gasteiger partial charge on any atom is -0.389 e. The lowest BCUT2D eigenvalue weighted by Crippen LogP contribution is -2.36. The lowest BCUT2D eigenvalue weighted by atomic mass is 10.1. The Morgan fingerprint density at radius 1 is 1.41 bits per heavy atom. The second-order valence-electron chi connectivity index (χ2n) is 3.97. The molecule has 0 spiro atoms. The zero-order valence-corrected chi connectivity index (χ0v) is 10.1. The fraction of sp³-hybridized carbons (Fsp3) is 0.600. The smallest absolute Gasteiger partial charge is 0.329 e. The van der Waals surface area contributed by atoms with Crippen molar-refractivity contribution in [3.63, 3.8) is 0 Å². The van der Waals surface area contributed by atoms with Gasteiger partial charge in [-0.25, -0.2) is 4.79 Å². The summed E-state index contributed by atoms with van der Waals surface area (Å²) in [6.07, 6.45) is 0.187. The van der Waals surface area contributed by atoms with Crippen molar-refractivity contribution in [1.29, 1.82) is 0 Å². The van der Waals surface area contributed by atoms with Crippen LogP contribution in [0.3, 0.4) is 0 Å². The largest absolute Gasteiger partial charge is 0.389 e. The highest BCUT2D eigenvalue weighted by atomic mass is 32.2. The quantitative estimate of drug-likeness (QED) is 0.651. The highest BCUT2D eigenvalue weighted by Crippen LogP contribution is 2.42. The number of aromatic amines is 1. The van der Waals surface area contributed by atoms with Gasteiger partial charge in [0.25, 0.3) is 5.56 Å². The number of hydrogen-bond acceptors (Lipinski definition) is 5. The Kier molecular flexibility index (Phi) is 3.41. The topological polar surface area (TPSA) is 95.3 Å². The van der Waals surface area contributed by atoms with Gasteiger partial charge >= 0.3 is 5.69 Å². The lowest BCUT2D eigenvalue weighted by molar-refractivity contribution is 0.0168. The fourth-order valence-electron chi connectivity index (χ4n) is 1.92. The van der Waals surface area contributed by atoms with Crippen LogP contribution in [0.5, 0.6) is 0 Å². The normalized spacial score (nSPS) is 32.9. The van der Waals surface area contributed by atoms with Gasteiger partial charge in [0.2, 0.25) is 0 Å². The molecule has 0 aliphatic carbocycles. The summed E-state index contributed by atoms with van der Waals surface area (Å²) in [5, 5.41) is 19.0. The molecule has 1 aromatic heterocycles. The Bertz CT molecular complexity index is 512. The minimum absolute atomic E-state index is 0.103. The van der Waals surface area contributed by atoms with Crippen LogP contribution in [-0.4, -0.2) is 37.2 Å². The van der Waals surface area contributed by atoms with Gasteiger partial charge in [0, 0.05) is 17.5 Å². The molecule has 0 bridgehead atoms. The molecule has 0 aromatic carbocycles. The van der Waals surface area contributed by atoms with Gasteiger partial charge in [-0.3, -0.25) is 14.3 Å². The molecule has 1 fully saturated rings. The first-order valence-electron chi connectivity index (χ1n) is 5.37. The summed E-state index contributed by atoms with van der Waals surface area (Å²) in [7, 11) is 0. The fourth-order valence-corrected chi connectivity index (χ4v) is 3.42. The van der Waals surface area contributed by atoms with Crippen LogP contribution in [0.1, 0.15) is 18.7 Å². The Labute approximate surface area is 101 Å². The van der Waals surface area contributed by atoms with Crippen molar-refractivity contribution in [2.75, 3.05) is 0 Å². The van der Waals surface area contributed by atoms with Gasteiger partial charge in [0.15, 0.2) is 0 Å². The molecule has 7 heteroatoms. The van der Waals surface area contributed by atoms with E-state index in [1.54, 1.807) is 0 Å². The van der Waals surface area contributed by atoms with Crippen molar-refractivity contribution in [3.8, 4) is 0 Å². The third-order valence-electron chi connectivity index (χ3n) is 2.86. The summed E-state index contributed by atoms with van der Waals surface area (Å²) in [6, 6.07) is 1.22. The molecule has 2 rings (SSSR count). The average molecular weight is 258 g/mol. The van der Waals surface area contributed by atoms with Crippen molar-refractivity contribution in [3.05, 3.63) is 33.1 Å². The van der Waals surface area contributed by atoms with Crippen molar-refractivity contribution in [2.45, 2.75) is 36.2 Å². The molecule has 2 heterocycles. The van der Waals surface area contributed by atoms with Crippen LogP contribution in [0.4, 0.5) is 0 Å². The molecular weight excluding hydrogens is 244 g/mol. The molecule has 17 heavy (non-hydrogen) atoms. The van der Waals surface area contributed by atoms with E-state index in [1.165, 1.54) is 28.6 Å². The molecule has 0 radical (unpaired) electrons. The Balaban J connectivity index is 2.35. The highest BCUT2D eigenvalue weighted by Gasteiger charge is 2.42. The number of nitrogens with one attached hydrogen (secondary N) is 1. The van der Waals surface area contributed by atoms with Crippen LogP contribution >= 0.6 is 11.8 Å². The van der Waals surface area contributed by atoms with E-state index < -0.39 is 28.8 Å². The lowest BCUT2D eigenvalue weighted by Gasteiger charge is -2.17. The molecule has 1 aromatic rings. The van der Waals surface area contributed by atoms with Gasteiger partial charge in [-0.05, 0) is 6.42 Å². The van der Waals surface area contributed by atoms with Gasteiger partial charge in [0.05, 0.1) is 6.10 Å². The van der Waals surface area contributed by atoms with Gasteiger partial charge in [-0.2, -0.15) is 0 Å². The maximum Gasteiger partial charge on any atom is 0.329 e. The van der Waals surface area contributed by atoms with Crippen molar-refractivity contribution < 1.29 is 10.2 Å². The van der Waals surface area contributed by atoms with E-state index in [2.05, 4.69) is 4.98 Å². The predicted molar refractivity (Wildman–Crippen MR) is 64.0 cm³/mol. The van der Waals surface area contributed by atoms with Crippen LogP contribution in [0.15, 0.2) is 21.9 Å². The van der Waals surface area contributed by atoms with E-state index in [-0.39, 0.29) is 5.25 Å². The monoisotopic (exact) mass is 258 g/mol. The van der Waals surface area contributed by atoms with E-state index in [0.29, 0.717) is 6.42 Å². The van der Waals surface area contributed by atoms with Gasteiger partial charge in [-0.15, -0.1) is 11.8 Å². The predicted octanol–water partition coefficient (Wildman–Crippen LogP) is -0.718. The van der Waals surface area contributed by atoms with Crippen LogP contribution in [0.25, 0.3) is 0 Å². The third-order valence-corrected chi connectivity index (χ3v) is 4.61. The number of hydrogen-bond donors (Lipinski definition) is 3. The van der Waals surface area contributed by atoms with Gasteiger partial charge in [0.1, 0.15) is 11.5 Å². The molecule has 4 atom stereocenters. The summed E-state index contributed by atoms with van der Waals surface area (Å²) < 4.78 is 1.25. The van der Waals surface area contributed by atoms with Crippen molar-refractivity contribution >= 4 is 11.8 Å². The van der Waals surface area contributed by atoms with E-state index in [0.717, 1.165) is 0 Å². The molecule has 1 saturated heterocycles. The number of aliphatic hydroxyl groups is 2. The molecule has 1 unspecified atom stereocenters. The maximum absolute atomic E-state index is 11.6. The van der Waals surface area contributed by atoms with E-state index >= 15 is 0 Å². The summed E-state index contributed by atoms with van der Waals surface area (Å²) >= 11 is 1.34.